The summed E-state index contributed by atoms with van der Waals surface area (Å²) in [6, 6.07) is 14.0. The number of fused-ring (bicyclic) bond motifs is 1. The van der Waals surface area contributed by atoms with Crippen LogP contribution < -0.4 is 4.74 Å². The average Bonchev–Trinajstić information content (AvgIpc) is 3.17. The van der Waals surface area contributed by atoms with E-state index in [0.717, 1.165) is 43.2 Å². The molecule has 1 aromatic heterocycles. The fourth-order valence-electron chi connectivity index (χ4n) is 4.27. The molecule has 1 aliphatic carbocycles. The lowest BCUT2D eigenvalue weighted by atomic mass is 9.86. The zero-order chi connectivity index (χ0) is 21.8. The standard InChI is InChI=1S/C25H30N2O4/c1-17(2)31-24-13-23-20(12-22(24)25(28)29)14-27(26-23)21-10-8-19(9-11-21)16-30-15-18-6-4-3-5-7-18/h3-7,12-14,17,19,21H,8-11,15-16H2,1-2H3,(H,28,29)/t19-,21-. The van der Waals surface area contributed by atoms with Crippen molar-refractivity contribution in [1.82, 2.24) is 9.78 Å². The van der Waals surface area contributed by atoms with E-state index in [-0.39, 0.29) is 11.7 Å². The van der Waals surface area contributed by atoms with E-state index in [1.165, 1.54) is 5.56 Å². The summed E-state index contributed by atoms with van der Waals surface area (Å²) in [4.78, 5) is 11.6. The minimum atomic E-state index is -0.985. The summed E-state index contributed by atoms with van der Waals surface area (Å²) in [6.45, 7) is 5.23. The Morgan fingerprint density at radius 3 is 2.58 bits per heavy atom. The van der Waals surface area contributed by atoms with Crippen molar-refractivity contribution < 1.29 is 19.4 Å². The van der Waals surface area contributed by atoms with E-state index >= 15 is 0 Å². The van der Waals surface area contributed by atoms with E-state index < -0.39 is 5.97 Å². The molecule has 2 aromatic carbocycles. The summed E-state index contributed by atoms with van der Waals surface area (Å²) in [5, 5.41) is 15.1. The number of benzene rings is 2. The third kappa shape index (κ3) is 5.25. The first-order chi connectivity index (χ1) is 15.0. The van der Waals surface area contributed by atoms with Gasteiger partial charge in [0.2, 0.25) is 0 Å². The van der Waals surface area contributed by atoms with Crippen LogP contribution >= 0.6 is 0 Å². The normalized spacial score (nSPS) is 19.1. The first kappa shape index (κ1) is 21.4. The molecule has 1 fully saturated rings. The molecule has 0 atom stereocenters. The molecular weight excluding hydrogens is 392 g/mol. The van der Waals surface area contributed by atoms with Gasteiger partial charge in [0, 0.05) is 24.3 Å². The molecule has 1 saturated carbocycles. The fourth-order valence-corrected chi connectivity index (χ4v) is 4.27. The second-order valence-corrected chi connectivity index (χ2v) is 8.66. The van der Waals surface area contributed by atoms with Crippen molar-refractivity contribution in [3.05, 3.63) is 59.8 Å². The lowest BCUT2D eigenvalue weighted by Gasteiger charge is -2.28. The van der Waals surface area contributed by atoms with Gasteiger partial charge in [-0.1, -0.05) is 30.3 Å². The number of hydrogen-bond donors (Lipinski definition) is 1. The highest BCUT2D eigenvalue weighted by molar-refractivity contribution is 5.96. The number of rotatable bonds is 8. The zero-order valence-electron chi connectivity index (χ0n) is 18.2. The molecule has 0 amide bonds. The molecule has 0 bridgehead atoms. The average molecular weight is 423 g/mol. The van der Waals surface area contributed by atoms with Gasteiger partial charge in [-0.3, -0.25) is 4.68 Å². The molecule has 1 heterocycles. The van der Waals surface area contributed by atoms with Crippen LogP contribution in [0.15, 0.2) is 48.7 Å². The highest BCUT2D eigenvalue weighted by Gasteiger charge is 2.24. The van der Waals surface area contributed by atoms with E-state index in [0.29, 0.717) is 24.3 Å². The van der Waals surface area contributed by atoms with Crippen LogP contribution in [0.1, 0.15) is 61.5 Å². The first-order valence-electron chi connectivity index (χ1n) is 11.0. The molecule has 0 radical (unpaired) electrons. The summed E-state index contributed by atoms with van der Waals surface area (Å²) in [6.07, 6.45) is 6.19. The van der Waals surface area contributed by atoms with Gasteiger partial charge in [-0.15, -0.1) is 0 Å². The number of aromatic nitrogens is 2. The number of hydrogen-bond acceptors (Lipinski definition) is 4. The number of carbonyl (C=O) groups is 1. The molecule has 6 nitrogen and oxygen atoms in total. The molecule has 0 saturated heterocycles. The van der Waals surface area contributed by atoms with E-state index in [9.17, 15) is 9.90 Å². The Labute approximate surface area is 182 Å². The molecule has 31 heavy (non-hydrogen) atoms. The molecule has 164 valence electrons. The molecular formula is C25H30N2O4. The van der Waals surface area contributed by atoms with Crippen LogP contribution in [0.3, 0.4) is 0 Å². The van der Waals surface area contributed by atoms with Crippen LogP contribution in [0.5, 0.6) is 5.75 Å². The van der Waals surface area contributed by atoms with Crippen LogP contribution in [0, 0.1) is 5.92 Å². The van der Waals surface area contributed by atoms with E-state index in [1.807, 2.05) is 42.9 Å². The van der Waals surface area contributed by atoms with Crippen molar-refractivity contribution in [2.24, 2.45) is 5.92 Å². The van der Waals surface area contributed by atoms with Crippen LogP contribution in [-0.4, -0.2) is 33.6 Å². The van der Waals surface area contributed by atoms with Crippen LogP contribution in [0.25, 0.3) is 10.9 Å². The van der Waals surface area contributed by atoms with E-state index in [4.69, 9.17) is 14.6 Å². The highest BCUT2D eigenvalue weighted by Crippen LogP contribution is 2.34. The van der Waals surface area contributed by atoms with Gasteiger partial charge in [0.15, 0.2) is 0 Å². The number of aromatic carboxylic acids is 1. The quantitative estimate of drug-likeness (QED) is 0.521. The molecule has 6 heteroatoms. The minimum absolute atomic E-state index is 0.1000. The Morgan fingerprint density at radius 2 is 1.90 bits per heavy atom. The Balaban J connectivity index is 1.37. The van der Waals surface area contributed by atoms with Crippen molar-refractivity contribution in [3.8, 4) is 5.75 Å². The van der Waals surface area contributed by atoms with Crippen molar-refractivity contribution in [1.29, 1.82) is 0 Å². The van der Waals surface area contributed by atoms with Gasteiger partial charge in [-0.25, -0.2) is 4.79 Å². The topological polar surface area (TPSA) is 73.6 Å². The SMILES string of the molecule is CC(C)Oc1cc2nn([C@H]3CC[C@H](COCc4ccccc4)CC3)cc2cc1C(=O)O. The predicted molar refractivity (Wildman–Crippen MR) is 120 cm³/mol. The van der Waals surface area contributed by atoms with Crippen molar-refractivity contribution >= 4 is 16.9 Å². The largest absolute Gasteiger partial charge is 0.490 e. The van der Waals surface area contributed by atoms with Gasteiger partial charge in [0.1, 0.15) is 11.3 Å². The zero-order valence-corrected chi connectivity index (χ0v) is 18.2. The molecule has 0 aliphatic heterocycles. The van der Waals surface area contributed by atoms with Crippen LogP contribution in [0.4, 0.5) is 0 Å². The van der Waals surface area contributed by atoms with Gasteiger partial charge < -0.3 is 14.6 Å². The maximum atomic E-state index is 11.6. The fraction of sp³-hybridized carbons (Fsp3) is 0.440. The first-order valence-corrected chi connectivity index (χ1v) is 11.0. The van der Waals surface area contributed by atoms with Crippen molar-refractivity contribution in [3.63, 3.8) is 0 Å². The molecule has 0 unspecified atom stereocenters. The maximum Gasteiger partial charge on any atom is 0.339 e. The Bertz CT molecular complexity index is 1020. The van der Waals surface area contributed by atoms with E-state index in [2.05, 4.69) is 12.1 Å². The summed E-state index contributed by atoms with van der Waals surface area (Å²) >= 11 is 0. The minimum Gasteiger partial charge on any atom is -0.490 e. The van der Waals surface area contributed by atoms with Gasteiger partial charge in [0.25, 0.3) is 0 Å². The predicted octanol–water partition coefficient (Wildman–Crippen LogP) is 5.47. The summed E-state index contributed by atoms with van der Waals surface area (Å²) in [5.74, 6) is -0.0320. The number of ether oxygens (including phenoxy) is 2. The van der Waals surface area contributed by atoms with Gasteiger partial charge in [-0.05, 0) is 57.1 Å². The maximum absolute atomic E-state index is 11.6. The molecule has 3 aromatic rings. The third-order valence-corrected chi connectivity index (χ3v) is 5.87. The lowest BCUT2D eigenvalue weighted by molar-refractivity contribution is 0.0670. The second kappa shape index (κ2) is 9.52. The Kier molecular flexibility index (Phi) is 6.56. The van der Waals surface area contributed by atoms with Crippen molar-refractivity contribution in [2.75, 3.05) is 6.61 Å². The number of carboxylic acid groups (broad SMARTS) is 1. The molecule has 0 spiro atoms. The third-order valence-electron chi connectivity index (χ3n) is 5.87. The molecule has 1 aliphatic rings. The van der Waals surface area contributed by atoms with Gasteiger partial charge in [0.05, 0.1) is 24.3 Å². The summed E-state index contributed by atoms with van der Waals surface area (Å²) in [7, 11) is 0. The Hall–Kier alpha value is -2.86. The van der Waals surface area contributed by atoms with Gasteiger partial charge in [-0.2, -0.15) is 5.10 Å². The van der Waals surface area contributed by atoms with Crippen LogP contribution in [0.2, 0.25) is 0 Å². The second-order valence-electron chi connectivity index (χ2n) is 8.66. The summed E-state index contributed by atoms with van der Waals surface area (Å²) in [5.41, 5.74) is 2.16. The van der Waals surface area contributed by atoms with Crippen LogP contribution in [-0.2, 0) is 11.3 Å². The highest BCUT2D eigenvalue weighted by atomic mass is 16.5. The number of carboxylic acids is 1. The van der Waals surface area contributed by atoms with Crippen molar-refractivity contribution in [2.45, 2.75) is 58.3 Å². The van der Waals surface area contributed by atoms with Gasteiger partial charge >= 0.3 is 5.97 Å². The summed E-state index contributed by atoms with van der Waals surface area (Å²) < 4.78 is 13.7. The lowest BCUT2D eigenvalue weighted by Crippen LogP contribution is -2.21. The smallest absolute Gasteiger partial charge is 0.339 e. The Morgan fingerprint density at radius 1 is 1.16 bits per heavy atom. The molecule has 4 rings (SSSR count). The number of nitrogens with zero attached hydrogens (tertiary/aromatic N) is 2. The molecule has 1 N–H and O–H groups in total. The monoisotopic (exact) mass is 422 g/mol. The van der Waals surface area contributed by atoms with E-state index in [1.54, 1.807) is 12.1 Å².